The fourth-order valence-corrected chi connectivity index (χ4v) is 5.47. The number of piperidine rings is 1. The predicted molar refractivity (Wildman–Crippen MR) is 123 cm³/mol. The molecule has 1 saturated heterocycles. The van der Waals surface area contributed by atoms with Crippen molar-refractivity contribution in [2.75, 3.05) is 29.9 Å². The summed E-state index contributed by atoms with van der Waals surface area (Å²) in [6.45, 7) is 4.77. The van der Waals surface area contributed by atoms with Crippen LogP contribution in [0.2, 0.25) is 0 Å². The molecule has 1 aromatic carbocycles. The number of carbonyl (C=O) groups is 1. The molecule has 1 atom stereocenters. The van der Waals surface area contributed by atoms with Crippen LogP contribution in [0.5, 0.6) is 0 Å². The first-order valence-corrected chi connectivity index (χ1v) is 11.8. The minimum atomic E-state index is -0.161. The molecule has 4 rings (SSSR count). The summed E-state index contributed by atoms with van der Waals surface area (Å²) >= 11 is 3.14. The number of anilines is 2. The third-order valence-electron chi connectivity index (χ3n) is 5.30. The summed E-state index contributed by atoms with van der Waals surface area (Å²) in [6, 6.07) is 10.3. The van der Waals surface area contributed by atoms with Gasteiger partial charge < -0.3 is 16.0 Å². The minimum Gasteiger partial charge on any atom is -0.370 e. The number of benzene rings is 1. The van der Waals surface area contributed by atoms with Gasteiger partial charge in [-0.15, -0.1) is 22.7 Å². The molecule has 1 aliphatic heterocycles. The number of carbonyl (C=O) groups excluding carboxylic acids is 1. The maximum atomic E-state index is 12.9. The smallest absolute Gasteiger partial charge is 0.275 e. The van der Waals surface area contributed by atoms with Crippen molar-refractivity contribution in [2.45, 2.75) is 26.2 Å². The molecule has 7 heteroatoms. The molecule has 3 N–H and O–H groups in total. The third kappa shape index (κ3) is 4.69. The molecule has 5 nitrogen and oxygen atoms in total. The Kier molecular flexibility index (Phi) is 6.28. The zero-order chi connectivity index (χ0) is 20.2. The summed E-state index contributed by atoms with van der Waals surface area (Å²) in [5.74, 6) is 0.455. The van der Waals surface area contributed by atoms with Crippen LogP contribution in [0.4, 0.5) is 11.4 Å². The zero-order valence-corrected chi connectivity index (χ0v) is 18.2. The molecular formula is C22H26N4OS2. The molecule has 2 aromatic heterocycles. The number of amides is 1. The van der Waals surface area contributed by atoms with Gasteiger partial charge in [-0.2, -0.15) is 0 Å². The summed E-state index contributed by atoms with van der Waals surface area (Å²) in [7, 11) is 0. The summed E-state index contributed by atoms with van der Waals surface area (Å²) in [5, 5.41) is 7.85. The Morgan fingerprint density at radius 1 is 1.34 bits per heavy atom. The molecule has 0 bridgehead atoms. The second-order valence-electron chi connectivity index (χ2n) is 7.52. The lowest BCUT2D eigenvalue weighted by molar-refractivity contribution is 0.102. The van der Waals surface area contributed by atoms with E-state index in [0.717, 1.165) is 59.3 Å². The molecule has 1 unspecified atom stereocenters. The summed E-state index contributed by atoms with van der Waals surface area (Å²) in [6.07, 6.45) is 3.43. The van der Waals surface area contributed by atoms with Gasteiger partial charge in [0.1, 0.15) is 10.7 Å². The molecule has 152 valence electrons. The van der Waals surface area contributed by atoms with Gasteiger partial charge in [0.2, 0.25) is 0 Å². The molecule has 3 aromatic rings. The average molecular weight is 427 g/mol. The summed E-state index contributed by atoms with van der Waals surface area (Å²) < 4.78 is 0. The highest BCUT2D eigenvalue weighted by atomic mass is 32.1. The van der Waals surface area contributed by atoms with E-state index in [1.54, 1.807) is 11.3 Å². The van der Waals surface area contributed by atoms with E-state index in [0.29, 0.717) is 11.6 Å². The van der Waals surface area contributed by atoms with E-state index in [9.17, 15) is 4.79 Å². The first-order valence-electron chi connectivity index (χ1n) is 10.0. The van der Waals surface area contributed by atoms with Crippen LogP contribution in [0.1, 0.15) is 35.3 Å². The maximum absolute atomic E-state index is 12.9. The molecule has 3 heterocycles. The zero-order valence-electron chi connectivity index (χ0n) is 16.6. The van der Waals surface area contributed by atoms with Crippen LogP contribution < -0.4 is 16.0 Å². The van der Waals surface area contributed by atoms with Crippen molar-refractivity contribution in [3.63, 3.8) is 0 Å². The molecule has 29 heavy (non-hydrogen) atoms. The quantitative estimate of drug-likeness (QED) is 0.582. The molecule has 0 spiro atoms. The molecule has 0 aliphatic carbocycles. The Morgan fingerprint density at radius 2 is 2.24 bits per heavy atom. The molecule has 0 saturated carbocycles. The Hall–Kier alpha value is -2.22. The number of rotatable bonds is 6. The van der Waals surface area contributed by atoms with Crippen molar-refractivity contribution in [2.24, 2.45) is 11.7 Å². The summed E-state index contributed by atoms with van der Waals surface area (Å²) in [5.41, 5.74) is 9.30. The van der Waals surface area contributed by atoms with Gasteiger partial charge in [0.15, 0.2) is 0 Å². The Morgan fingerprint density at radius 3 is 3.03 bits per heavy atom. The molecule has 0 radical (unpaired) electrons. The number of nitrogens with two attached hydrogens (primary N) is 1. The van der Waals surface area contributed by atoms with Gasteiger partial charge in [-0.25, -0.2) is 4.98 Å². The van der Waals surface area contributed by atoms with Gasteiger partial charge in [-0.1, -0.05) is 12.1 Å². The van der Waals surface area contributed by atoms with E-state index < -0.39 is 0 Å². The minimum absolute atomic E-state index is 0.161. The van der Waals surface area contributed by atoms with Crippen molar-refractivity contribution >= 4 is 40.0 Å². The van der Waals surface area contributed by atoms with E-state index in [1.807, 2.05) is 35.9 Å². The van der Waals surface area contributed by atoms with E-state index >= 15 is 0 Å². The number of nitrogens with zero attached hydrogens (tertiary/aromatic N) is 2. The van der Waals surface area contributed by atoms with Crippen LogP contribution in [-0.2, 0) is 0 Å². The van der Waals surface area contributed by atoms with Crippen molar-refractivity contribution in [1.82, 2.24) is 4.98 Å². The molecule has 1 fully saturated rings. The lowest BCUT2D eigenvalue weighted by Gasteiger charge is -2.35. The number of hydrogen-bond donors (Lipinski definition) is 2. The second-order valence-corrected chi connectivity index (χ2v) is 9.33. The number of thiazole rings is 1. The number of aromatic nitrogens is 1. The van der Waals surface area contributed by atoms with E-state index in [4.69, 9.17) is 5.73 Å². The Balaban J connectivity index is 1.54. The number of aryl methyl sites for hydroxylation is 1. The van der Waals surface area contributed by atoms with Crippen molar-refractivity contribution in [3.05, 3.63) is 52.3 Å². The first-order chi connectivity index (χ1) is 14.1. The van der Waals surface area contributed by atoms with Crippen LogP contribution >= 0.6 is 22.7 Å². The van der Waals surface area contributed by atoms with Crippen LogP contribution in [0.15, 0.2) is 41.1 Å². The lowest BCUT2D eigenvalue weighted by atomic mass is 9.94. The molecule has 1 aliphatic rings. The average Bonchev–Trinajstić information content (AvgIpc) is 3.40. The largest absolute Gasteiger partial charge is 0.370 e. The fraction of sp³-hybridized carbons (Fsp3) is 0.364. The van der Waals surface area contributed by atoms with Crippen molar-refractivity contribution in [3.8, 4) is 9.88 Å². The van der Waals surface area contributed by atoms with Gasteiger partial charge in [0.05, 0.1) is 16.3 Å². The third-order valence-corrected chi connectivity index (χ3v) is 7.18. The number of nitrogens with one attached hydrogen (secondary N) is 1. The molecule has 1 amide bonds. The van der Waals surface area contributed by atoms with Gasteiger partial charge in [-0.3, -0.25) is 4.79 Å². The predicted octanol–water partition coefficient (Wildman–Crippen LogP) is 5.00. The topological polar surface area (TPSA) is 71.2 Å². The second kappa shape index (κ2) is 9.07. The van der Waals surface area contributed by atoms with Crippen LogP contribution in [0.25, 0.3) is 9.88 Å². The maximum Gasteiger partial charge on any atom is 0.275 e. The van der Waals surface area contributed by atoms with Crippen molar-refractivity contribution < 1.29 is 4.79 Å². The highest BCUT2D eigenvalue weighted by Crippen LogP contribution is 2.33. The van der Waals surface area contributed by atoms with Gasteiger partial charge in [0.25, 0.3) is 5.91 Å². The highest BCUT2D eigenvalue weighted by molar-refractivity contribution is 7.20. The van der Waals surface area contributed by atoms with Crippen molar-refractivity contribution in [1.29, 1.82) is 0 Å². The Bertz CT molecular complexity index is 965. The molecular weight excluding hydrogens is 400 g/mol. The van der Waals surface area contributed by atoms with E-state index in [-0.39, 0.29) is 5.91 Å². The number of thiophene rings is 1. The summed E-state index contributed by atoms with van der Waals surface area (Å²) in [4.78, 5) is 20.9. The van der Waals surface area contributed by atoms with Gasteiger partial charge in [-0.05, 0) is 67.8 Å². The Labute approximate surface area is 179 Å². The van der Waals surface area contributed by atoms with Crippen LogP contribution in [0, 0.1) is 12.8 Å². The SMILES string of the molecule is Cc1ccc(N2CCCC(CCN)C2)c(NC(=O)c2csc(-c3cccs3)n2)c1. The first kappa shape index (κ1) is 20.1. The number of hydrogen-bond acceptors (Lipinski definition) is 6. The fourth-order valence-electron chi connectivity index (χ4n) is 3.86. The highest BCUT2D eigenvalue weighted by Gasteiger charge is 2.22. The van der Waals surface area contributed by atoms with E-state index in [1.165, 1.54) is 17.8 Å². The lowest BCUT2D eigenvalue weighted by Crippen LogP contribution is -2.36. The van der Waals surface area contributed by atoms with Gasteiger partial charge >= 0.3 is 0 Å². The van der Waals surface area contributed by atoms with Crippen LogP contribution in [-0.4, -0.2) is 30.5 Å². The van der Waals surface area contributed by atoms with E-state index in [2.05, 4.69) is 27.3 Å². The van der Waals surface area contributed by atoms with Crippen LogP contribution in [0.3, 0.4) is 0 Å². The van der Waals surface area contributed by atoms with Gasteiger partial charge in [0, 0.05) is 18.5 Å². The monoisotopic (exact) mass is 426 g/mol. The normalized spacial score (nSPS) is 16.8. The standard InChI is InChI=1S/C22H26N4OS2/c1-15-6-7-19(26-10-2-4-16(13-26)8-9-23)17(12-15)24-21(27)18-14-29-22(25-18)20-5-3-11-28-20/h3,5-7,11-12,14,16H,2,4,8-10,13,23H2,1H3,(H,24,27).